The van der Waals surface area contributed by atoms with Crippen LogP contribution in [0, 0.1) is 0 Å². The number of oxime groups is 1. The summed E-state index contributed by atoms with van der Waals surface area (Å²) in [5.41, 5.74) is -0.425. The Hall–Kier alpha value is -2.80. The monoisotopic (exact) mass is 482 g/mol. The van der Waals surface area contributed by atoms with E-state index in [4.69, 9.17) is 4.84 Å². The van der Waals surface area contributed by atoms with Crippen LogP contribution in [0.2, 0.25) is 0 Å². The molecule has 3 rings (SSSR count). The molecule has 1 saturated heterocycles. The average molecular weight is 482 g/mol. The van der Waals surface area contributed by atoms with Gasteiger partial charge in [0.1, 0.15) is 5.75 Å². The fraction of sp³-hybridized carbons (Fsp3) is 0.316. The van der Waals surface area contributed by atoms with E-state index in [-0.39, 0.29) is 36.6 Å². The molecule has 2 aromatic rings. The van der Waals surface area contributed by atoms with Crippen molar-refractivity contribution in [2.24, 2.45) is 5.16 Å². The molecule has 0 unspecified atom stereocenters. The Balaban J connectivity index is 1.61. The van der Waals surface area contributed by atoms with Gasteiger partial charge < -0.3 is 9.57 Å². The van der Waals surface area contributed by atoms with Crippen molar-refractivity contribution in [3.8, 4) is 11.5 Å². The number of nitrogens with zero attached hydrogens (tertiary/aromatic N) is 2. The van der Waals surface area contributed by atoms with Crippen LogP contribution in [0.1, 0.15) is 18.4 Å². The predicted molar refractivity (Wildman–Crippen MR) is 101 cm³/mol. The van der Waals surface area contributed by atoms with E-state index in [9.17, 15) is 34.8 Å². The van der Waals surface area contributed by atoms with E-state index in [1.54, 1.807) is 0 Å². The van der Waals surface area contributed by atoms with E-state index < -0.39 is 33.9 Å². The molecule has 32 heavy (non-hydrogen) atoms. The van der Waals surface area contributed by atoms with Crippen LogP contribution >= 0.6 is 0 Å². The van der Waals surface area contributed by atoms with Crippen molar-refractivity contribution in [1.82, 2.24) is 4.31 Å². The summed E-state index contributed by atoms with van der Waals surface area (Å²) in [4.78, 5) is 4.85. The van der Waals surface area contributed by atoms with Crippen molar-refractivity contribution < 1.29 is 44.3 Å². The molecule has 0 radical (unpaired) electrons. The molecule has 1 aliphatic rings. The van der Waals surface area contributed by atoms with Crippen molar-refractivity contribution in [2.45, 2.75) is 30.3 Å². The molecule has 1 fully saturated rings. The Labute approximate surface area is 179 Å². The maximum absolute atomic E-state index is 12.7. The lowest BCUT2D eigenvalue weighted by molar-refractivity contribution is -0.274. The normalized spacial score (nSPS) is 16.0. The zero-order chi connectivity index (χ0) is 23.6. The Morgan fingerprint density at radius 1 is 0.875 bits per heavy atom. The van der Waals surface area contributed by atoms with E-state index in [1.165, 1.54) is 12.1 Å². The molecule has 2 aromatic carbocycles. The summed E-state index contributed by atoms with van der Waals surface area (Å²) in [6, 6.07) is 8.01. The van der Waals surface area contributed by atoms with Gasteiger partial charge in [0.15, 0.2) is 5.75 Å². The fourth-order valence-electron chi connectivity index (χ4n) is 2.88. The summed E-state index contributed by atoms with van der Waals surface area (Å²) in [7, 11) is -3.96. The fourth-order valence-corrected chi connectivity index (χ4v) is 4.33. The number of halogens is 6. The molecule has 13 heteroatoms. The lowest BCUT2D eigenvalue weighted by Gasteiger charge is -2.26. The van der Waals surface area contributed by atoms with Gasteiger partial charge in [-0.25, -0.2) is 8.42 Å². The number of alkyl halides is 6. The van der Waals surface area contributed by atoms with Crippen LogP contribution in [-0.2, 0) is 16.2 Å². The largest absolute Gasteiger partial charge is 0.573 e. The van der Waals surface area contributed by atoms with Crippen LogP contribution in [0.25, 0.3) is 0 Å². The first-order chi connectivity index (χ1) is 14.8. The SMILES string of the molecule is O=S(=O)(c1ccc(OC(F)(F)F)cc1)N1CCC(=NOc2cccc(C(F)(F)F)c2)CC1. The van der Waals surface area contributed by atoms with Crippen LogP contribution in [0.4, 0.5) is 26.3 Å². The standard InChI is InChI=1S/C19H16F6N2O4S/c20-18(21,22)13-2-1-3-16(12-13)31-26-14-8-10-27(11-9-14)32(28,29)17-6-4-15(5-7-17)30-19(23,24)25/h1-7,12H,8-11H2. The van der Waals surface area contributed by atoms with Crippen LogP contribution in [0.15, 0.2) is 58.6 Å². The Morgan fingerprint density at radius 3 is 2.06 bits per heavy atom. The third kappa shape index (κ3) is 6.13. The summed E-state index contributed by atoms with van der Waals surface area (Å²) >= 11 is 0. The summed E-state index contributed by atoms with van der Waals surface area (Å²) in [6.07, 6.45) is -9.07. The molecule has 0 aliphatic carbocycles. The van der Waals surface area contributed by atoms with Gasteiger partial charge >= 0.3 is 12.5 Å². The molecule has 0 spiro atoms. The van der Waals surface area contributed by atoms with Gasteiger partial charge in [-0.3, -0.25) is 0 Å². The van der Waals surface area contributed by atoms with E-state index >= 15 is 0 Å². The maximum atomic E-state index is 12.7. The first-order valence-electron chi connectivity index (χ1n) is 9.10. The van der Waals surface area contributed by atoms with Crippen LogP contribution in [0.5, 0.6) is 11.5 Å². The number of benzene rings is 2. The second-order valence-corrected chi connectivity index (χ2v) is 8.64. The first kappa shape index (κ1) is 23.9. The van der Waals surface area contributed by atoms with Gasteiger partial charge in [-0.2, -0.15) is 17.5 Å². The molecular formula is C19H16F6N2O4S. The molecule has 0 aromatic heterocycles. The highest BCUT2D eigenvalue weighted by Crippen LogP contribution is 2.31. The topological polar surface area (TPSA) is 68.2 Å². The molecule has 0 bridgehead atoms. The van der Waals surface area contributed by atoms with Gasteiger partial charge in [0.05, 0.1) is 16.2 Å². The van der Waals surface area contributed by atoms with Gasteiger partial charge in [-0.15, -0.1) is 13.2 Å². The quantitative estimate of drug-likeness (QED) is 0.453. The highest BCUT2D eigenvalue weighted by Gasteiger charge is 2.32. The van der Waals surface area contributed by atoms with Gasteiger partial charge in [-0.1, -0.05) is 11.2 Å². The minimum Gasteiger partial charge on any atom is -0.406 e. The summed E-state index contributed by atoms with van der Waals surface area (Å²) < 4.78 is 105. The van der Waals surface area contributed by atoms with E-state index in [0.717, 1.165) is 40.7 Å². The minimum absolute atomic E-state index is 0.0217. The molecule has 0 saturated carbocycles. The lowest BCUT2D eigenvalue weighted by atomic mass is 10.1. The second-order valence-electron chi connectivity index (χ2n) is 6.70. The van der Waals surface area contributed by atoms with E-state index in [2.05, 4.69) is 9.89 Å². The third-order valence-electron chi connectivity index (χ3n) is 4.44. The highest BCUT2D eigenvalue weighted by molar-refractivity contribution is 7.89. The van der Waals surface area contributed by atoms with Crippen LogP contribution < -0.4 is 9.57 Å². The molecule has 0 atom stereocenters. The van der Waals surface area contributed by atoms with Crippen molar-refractivity contribution >= 4 is 15.7 Å². The molecule has 1 aliphatic heterocycles. The molecule has 6 nitrogen and oxygen atoms in total. The molecular weight excluding hydrogens is 466 g/mol. The van der Waals surface area contributed by atoms with E-state index in [0.29, 0.717) is 5.71 Å². The summed E-state index contributed by atoms with van der Waals surface area (Å²) in [5, 5.41) is 3.82. The Kier molecular flexibility index (Phi) is 6.69. The van der Waals surface area contributed by atoms with Crippen molar-refractivity contribution in [3.63, 3.8) is 0 Å². The zero-order valence-corrected chi connectivity index (χ0v) is 17.0. The molecule has 174 valence electrons. The number of rotatable bonds is 5. The average Bonchev–Trinajstić information content (AvgIpc) is 2.71. The number of piperidine rings is 1. The summed E-state index contributed by atoms with van der Waals surface area (Å²) in [5.74, 6) is -0.653. The Bertz CT molecular complexity index is 1070. The minimum atomic E-state index is -4.89. The van der Waals surface area contributed by atoms with Crippen LogP contribution in [-0.4, -0.2) is 37.9 Å². The first-order valence-corrected chi connectivity index (χ1v) is 10.5. The predicted octanol–water partition coefficient (Wildman–Crippen LogP) is 4.82. The van der Waals surface area contributed by atoms with E-state index in [1.807, 2.05) is 0 Å². The van der Waals surface area contributed by atoms with Crippen molar-refractivity contribution in [2.75, 3.05) is 13.1 Å². The zero-order valence-electron chi connectivity index (χ0n) is 16.2. The second kappa shape index (κ2) is 8.98. The summed E-state index contributed by atoms with van der Waals surface area (Å²) in [6.45, 7) is 0.0435. The Morgan fingerprint density at radius 2 is 1.50 bits per heavy atom. The smallest absolute Gasteiger partial charge is 0.406 e. The molecule has 0 amide bonds. The van der Waals surface area contributed by atoms with Crippen molar-refractivity contribution in [1.29, 1.82) is 0 Å². The third-order valence-corrected chi connectivity index (χ3v) is 6.35. The molecule has 0 N–H and O–H groups in total. The number of hydrogen-bond donors (Lipinski definition) is 0. The lowest BCUT2D eigenvalue weighted by Crippen LogP contribution is -2.38. The highest BCUT2D eigenvalue weighted by atomic mass is 32.2. The van der Waals surface area contributed by atoms with Crippen LogP contribution in [0.3, 0.4) is 0 Å². The van der Waals surface area contributed by atoms with Crippen molar-refractivity contribution in [3.05, 3.63) is 54.1 Å². The molecule has 1 heterocycles. The van der Waals surface area contributed by atoms with Gasteiger partial charge in [0, 0.05) is 25.9 Å². The van der Waals surface area contributed by atoms with Gasteiger partial charge in [0.2, 0.25) is 10.0 Å². The number of ether oxygens (including phenoxy) is 1. The maximum Gasteiger partial charge on any atom is 0.573 e. The number of sulfonamides is 1. The number of hydrogen-bond acceptors (Lipinski definition) is 5. The van der Waals surface area contributed by atoms with Gasteiger partial charge in [0.25, 0.3) is 0 Å². The van der Waals surface area contributed by atoms with Gasteiger partial charge in [-0.05, 0) is 42.5 Å².